The van der Waals surface area contributed by atoms with Crippen LogP contribution in [-0.2, 0) is 7.05 Å². The molecule has 3 nitrogen and oxygen atoms in total. The average molecular weight is 211 g/mol. The maximum atomic E-state index is 12.0. The molecule has 2 rings (SSSR count). The molecule has 80 valence electrons. The molecule has 1 N–H and O–H groups in total. The van der Waals surface area contributed by atoms with Gasteiger partial charge < -0.3 is 5.32 Å². The standard InChI is InChI=1S/C10H11F2N3/c1-15-8-5-3-2-4-7(8)10(14-15)13-6-9(11)12/h2-5,9H,6H2,1H3,(H,13,14). The zero-order valence-corrected chi connectivity index (χ0v) is 8.24. The fraction of sp³-hybridized carbons (Fsp3) is 0.300. The van der Waals surface area contributed by atoms with Crippen molar-refractivity contribution in [3.63, 3.8) is 0 Å². The number of aromatic nitrogens is 2. The number of hydrogen-bond donors (Lipinski definition) is 1. The molecule has 1 aromatic heterocycles. The van der Waals surface area contributed by atoms with Gasteiger partial charge in [0, 0.05) is 12.4 Å². The Morgan fingerprint density at radius 2 is 2.13 bits per heavy atom. The molecule has 1 aromatic carbocycles. The van der Waals surface area contributed by atoms with Gasteiger partial charge in [-0.2, -0.15) is 5.10 Å². The lowest BCUT2D eigenvalue weighted by Crippen LogP contribution is -2.10. The fourth-order valence-corrected chi connectivity index (χ4v) is 1.52. The van der Waals surface area contributed by atoms with Gasteiger partial charge in [-0.15, -0.1) is 0 Å². The summed E-state index contributed by atoms with van der Waals surface area (Å²) in [5.74, 6) is 0.508. The highest BCUT2D eigenvalue weighted by Gasteiger charge is 2.09. The first-order valence-corrected chi connectivity index (χ1v) is 4.62. The summed E-state index contributed by atoms with van der Waals surface area (Å²) in [5, 5.41) is 7.62. The first-order chi connectivity index (χ1) is 7.18. The van der Waals surface area contributed by atoms with Crippen molar-refractivity contribution < 1.29 is 8.78 Å². The summed E-state index contributed by atoms with van der Waals surface area (Å²) in [6.45, 7) is -0.374. The Morgan fingerprint density at radius 1 is 1.40 bits per heavy atom. The number of para-hydroxylation sites is 1. The maximum Gasteiger partial charge on any atom is 0.255 e. The molecule has 0 bridgehead atoms. The zero-order valence-electron chi connectivity index (χ0n) is 8.24. The number of fused-ring (bicyclic) bond motifs is 1. The van der Waals surface area contributed by atoms with Gasteiger partial charge in [0.05, 0.1) is 12.1 Å². The smallest absolute Gasteiger partial charge is 0.255 e. The molecule has 0 saturated carbocycles. The van der Waals surface area contributed by atoms with Crippen molar-refractivity contribution in [3.05, 3.63) is 24.3 Å². The van der Waals surface area contributed by atoms with E-state index in [9.17, 15) is 8.78 Å². The number of nitrogens with zero attached hydrogens (tertiary/aromatic N) is 2. The Kier molecular flexibility index (Phi) is 2.53. The Balaban J connectivity index is 2.35. The van der Waals surface area contributed by atoms with Crippen molar-refractivity contribution >= 4 is 16.7 Å². The summed E-state index contributed by atoms with van der Waals surface area (Å²) < 4.78 is 25.7. The normalized spacial score (nSPS) is 11.2. The summed E-state index contributed by atoms with van der Waals surface area (Å²) in [7, 11) is 1.79. The predicted molar refractivity (Wildman–Crippen MR) is 55.2 cm³/mol. The second-order valence-electron chi connectivity index (χ2n) is 3.26. The second-order valence-corrected chi connectivity index (χ2v) is 3.26. The van der Waals surface area contributed by atoms with Gasteiger partial charge in [0.25, 0.3) is 6.43 Å². The van der Waals surface area contributed by atoms with Gasteiger partial charge in [0.2, 0.25) is 0 Å². The van der Waals surface area contributed by atoms with Crippen LogP contribution >= 0.6 is 0 Å². The molecule has 0 amide bonds. The summed E-state index contributed by atoms with van der Waals surface area (Å²) in [5.41, 5.74) is 0.925. The van der Waals surface area contributed by atoms with Crippen LogP contribution in [0.25, 0.3) is 10.9 Å². The molecule has 0 spiro atoms. The number of anilines is 1. The Bertz CT molecular complexity index is 465. The van der Waals surface area contributed by atoms with E-state index in [4.69, 9.17) is 0 Å². The van der Waals surface area contributed by atoms with Crippen LogP contribution in [0.15, 0.2) is 24.3 Å². The summed E-state index contributed by atoms with van der Waals surface area (Å²) in [4.78, 5) is 0. The molecule has 0 unspecified atom stereocenters. The highest BCUT2D eigenvalue weighted by atomic mass is 19.3. The highest BCUT2D eigenvalue weighted by Crippen LogP contribution is 2.21. The molecule has 0 fully saturated rings. The molecule has 0 aliphatic heterocycles. The van der Waals surface area contributed by atoms with E-state index in [1.165, 1.54) is 0 Å². The molecule has 0 aliphatic rings. The third kappa shape index (κ3) is 1.91. The van der Waals surface area contributed by atoms with Crippen LogP contribution in [0.2, 0.25) is 0 Å². The minimum atomic E-state index is -2.37. The van der Waals surface area contributed by atoms with E-state index in [2.05, 4.69) is 10.4 Å². The lowest BCUT2D eigenvalue weighted by molar-refractivity contribution is 0.163. The van der Waals surface area contributed by atoms with E-state index in [-0.39, 0.29) is 6.54 Å². The largest absolute Gasteiger partial charge is 0.362 e. The number of hydrogen-bond acceptors (Lipinski definition) is 2. The second kappa shape index (κ2) is 3.84. The topological polar surface area (TPSA) is 29.9 Å². The first kappa shape index (κ1) is 9.89. The molecule has 15 heavy (non-hydrogen) atoms. The van der Waals surface area contributed by atoms with E-state index in [0.29, 0.717) is 5.82 Å². The molecule has 5 heteroatoms. The number of rotatable bonds is 3. The van der Waals surface area contributed by atoms with Gasteiger partial charge in [-0.05, 0) is 12.1 Å². The lowest BCUT2D eigenvalue weighted by Gasteiger charge is -2.01. The first-order valence-electron chi connectivity index (χ1n) is 4.62. The third-order valence-corrected chi connectivity index (χ3v) is 2.18. The van der Waals surface area contributed by atoms with E-state index in [0.717, 1.165) is 10.9 Å². The fourth-order valence-electron chi connectivity index (χ4n) is 1.52. The minimum absolute atomic E-state index is 0.374. The Hall–Kier alpha value is -1.65. The molecule has 0 radical (unpaired) electrons. The van der Waals surface area contributed by atoms with Crippen LogP contribution in [-0.4, -0.2) is 22.8 Å². The Labute approximate surface area is 85.7 Å². The predicted octanol–water partition coefficient (Wildman–Crippen LogP) is 2.25. The number of alkyl halides is 2. The van der Waals surface area contributed by atoms with Gasteiger partial charge in [-0.3, -0.25) is 4.68 Å². The van der Waals surface area contributed by atoms with Crippen LogP contribution in [0.3, 0.4) is 0 Å². The van der Waals surface area contributed by atoms with Gasteiger partial charge in [0.15, 0.2) is 5.82 Å². The van der Waals surface area contributed by atoms with Gasteiger partial charge in [-0.25, -0.2) is 8.78 Å². The van der Waals surface area contributed by atoms with E-state index in [1.807, 2.05) is 24.3 Å². The summed E-state index contributed by atoms with van der Waals surface area (Å²) in [6, 6.07) is 7.50. The van der Waals surface area contributed by atoms with Crippen molar-refractivity contribution in [2.75, 3.05) is 11.9 Å². The number of halogens is 2. The van der Waals surface area contributed by atoms with Crippen LogP contribution in [0.5, 0.6) is 0 Å². The van der Waals surface area contributed by atoms with Gasteiger partial charge in [-0.1, -0.05) is 12.1 Å². The van der Waals surface area contributed by atoms with Crippen molar-refractivity contribution in [3.8, 4) is 0 Å². The van der Waals surface area contributed by atoms with Crippen molar-refractivity contribution in [1.82, 2.24) is 9.78 Å². The molecular weight excluding hydrogens is 200 g/mol. The van der Waals surface area contributed by atoms with Gasteiger partial charge in [0.1, 0.15) is 0 Å². The average Bonchev–Trinajstić information content (AvgIpc) is 2.54. The number of aryl methyl sites for hydroxylation is 1. The molecular formula is C10H11F2N3. The third-order valence-electron chi connectivity index (χ3n) is 2.18. The molecule has 0 aliphatic carbocycles. The van der Waals surface area contributed by atoms with E-state index < -0.39 is 6.43 Å². The quantitative estimate of drug-likeness (QED) is 0.843. The van der Waals surface area contributed by atoms with Crippen molar-refractivity contribution in [2.45, 2.75) is 6.43 Å². The summed E-state index contributed by atoms with van der Waals surface area (Å²) in [6.07, 6.45) is -2.37. The van der Waals surface area contributed by atoms with E-state index >= 15 is 0 Å². The van der Waals surface area contributed by atoms with Crippen LogP contribution in [0.4, 0.5) is 14.6 Å². The monoisotopic (exact) mass is 211 g/mol. The lowest BCUT2D eigenvalue weighted by atomic mass is 10.2. The molecule has 1 heterocycles. The van der Waals surface area contributed by atoms with Crippen molar-refractivity contribution in [2.24, 2.45) is 7.05 Å². The maximum absolute atomic E-state index is 12.0. The zero-order chi connectivity index (χ0) is 10.8. The van der Waals surface area contributed by atoms with E-state index in [1.54, 1.807) is 11.7 Å². The van der Waals surface area contributed by atoms with Crippen LogP contribution < -0.4 is 5.32 Å². The molecule has 2 aromatic rings. The highest BCUT2D eigenvalue weighted by molar-refractivity contribution is 5.90. The molecule has 0 saturated heterocycles. The number of benzene rings is 1. The van der Waals surface area contributed by atoms with Crippen LogP contribution in [0, 0.1) is 0 Å². The summed E-state index contributed by atoms with van der Waals surface area (Å²) >= 11 is 0. The van der Waals surface area contributed by atoms with Crippen molar-refractivity contribution in [1.29, 1.82) is 0 Å². The molecule has 0 atom stereocenters. The number of nitrogens with one attached hydrogen (secondary N) is 1. The SMILES string of the molecule is Cn1nc(NCC(F)F)c2ccccc21. The van der Waals surface area contributed by atoms with Crippen LogP contribution in [0.1, 0.15) is 0 Å². The minimum Gasteiger partial charge on any atom is -0.362 e. The Morgan fingerprint density at radius 3 is 2.87 bits per heavy atom. The van der Waals surface area contributed by atoms with Gasteiger partial charge >= 0.3 is 0 Å².